The second-order valence-corrected chi connectivity index (χ2v) is 11.8. The maximum atomic E-state index is 12.4. The summed E-state index contributed by atoms with van der Waals surface area (Å²) in [4.78, 5) is 12.4. The van der Waals surface area contributed by atoms with Crippen LogP contribution in [0, 0.1) is 40.4 Å². The number of carbonyl (C=O) groups excluding carboxylic acids is 1. The predicted molar refractivity (Wildman–Crippen MR) is 119 cm³/mol. The molecule has 4 aliphatic rings. The second-order valence-electron chi connectivity index (χ2n) is 11.8. The van der Waals surface area contributed by atoms with Crippen molar-refractivity contribution in [3.05, 3.63) is 23.3 Å². The van der Waals surface area contributed by atoms with Crippen molar-refractivity contribution in [2.24, 2.45) is 40.4 Å². The van der Waals surface area contributed by atoms with Gasteiger partial charge >= 0.3 is 0 Å². The molecule has 1 N–H and O–H groups in total. The van der Waals surface area contributed by atoms with Gasteiger partial charge < -0.3 is 5.11 Å². The third-order valence-electron chi connectivity index (χ3n) is 9.81. The van der Waals surface area contributed by atoms with Crippen molar-refractivity contribution in [3.63, 3.8) is 0 Å². The Morgan fingerprint density at radius 2 is 1.93 bits per heavy atom. The van der Waals surface area contributed by atoms with E-state index in [0.29, 0.717) is 34.9 Å². The van der Waals surface area contributed by atoms with Crippen LogP contribution >= 0.6 is 0 Å². The van der Waals surface area contributed by atoms with Gasteiger partial charge in [-0.15, -0.1) is 0 Å². The molecule has 0 unspecified atom stereocenters. The van der Waals surface area contributed by atoms with Gasteiger partial charge in [0.05, 0.1) is 6.10 Å². The molecular formula is C27H42O2. The molecule has 2 nitrogen and oxygen atoms in total. The summed E-state index contributed by atoms with van der Waals surface area (Å²) in [6, 6.07) is 0. The van der Waals surface area contributed by atoms with Crippen LogP contribution in [0.2, 0.25) is 0 Å². The van der Waals surface area contributed by atoms with E-state index in [9.17, 15) is 9.90 Å². The smallest absolute Gasteiger partial charge is 0.155 e. The monoisotopic (exact) mass is 398 g/mol. The van der Waals surface area contributed by atoms with Gasteiger partial charge in [0.15, 0.2) is 5.78 Å². The highest BCUT2D eigenvalue weighted by Crippen LogP contribution is 2.67. The molecule has 0 heterocycles. The molecule has 0 radical (unpaired) electrons. The van der Waals surface area contributed by atoms with Gasteiger partial charge in [-0.3, -0.25) is 4.79 Å². The van der Waals surface area contributed by atoms with E-state index >= 15 is 0 Å². The minimum Gasteiger partial charge on any atom is -0.393 e. The zero-order valence-electron chi connectivity index (χ0n) is 19.3. The zero-order valence-corrected chi connectivity index (χ0v) is 19.3. The summed E-state index contributed by atoms with van der Waals surface area (Å²) in [6.45, 7) is 11.5. The number of aliphatic hydroxyl groups excluding tert-OH is 1. The van der Waals surface area contributed by atoms with E-state index in [1.54, 1.807) is 5.57 Å². The third-order valence-corrected chi connectivity index (χ3v) is 9.81. The Balaban J connectivity index is 1.53. The molecule has 0 spiro atoms. The van der Waals surface area contributed by atoms with Gasteiger partial charge in [-0.2, -0.15) is 0 Å². The molecule has 8 atom stereocenters. The van der Waals surface area contributed by atoms with Crippen molar-refractivity contribution in [1.82, 2.24) is 0 Å². The highest BCUT2D eigenvalue weighted by Gasteiger charge is 2.59. The van der Waals surface area contributed by atoms with E-state index in [-0.39, 0.29) is 6.10 Å². The Kier molecular flexibility index (Phi) is 5.64. The summed E-state index contributed by atoms with van der Waals surface area (Å²) in [5.41, 5.74) is 3.42. The predicted octanol–water partition coefficient (Wildman–Crippen LogP) is 6.49. The highest BCUT2D eigenvalue weighted by atomic mass is 16.3. The molecule has 0 aromatic heterocycles. The molecule has 3 fully saturated rings. The lowest BCUT2D eigenvalue weighted by Gasteiger charge is -2.58. The van der Waals surface area contributed by atoms with E-state index in [1.807, 2.05) is 19.9 Å². The van der Waals surface area contributed by atoms with E-state index in [1.165, 1.54) is 38.5 Å². The fourth-order valence-electron chi connectivity index (χ4n) is 8.46. The number of carbonyl (C=O) groups is 1. The first-order valence-electron chi connectivity index (χ1n) is 12.2. The lowest BCUT2D eigenvalue weighted by molar-refractivity contribution is -0.116. The van der Waals surface area contributed by atoms with E-state index in [2.05, 4.69) is 26.8 Å². The highest BCUT2D eigenvalue weighted by molar-refractivity contribution is 5.90. The van der Waals surface area contributed by atoms with Gasteiger partial charge in [-0.25, -0.2) is 0 Å². The number of allylic oxidation sites excluding steroid dienone is 3. The SMILES string of the molecule is CC(C)=CC(=O)C[C@@H](C)[C@H]1CC[C@H]2[C@@H]3CC=C4C[C@@H](O)CC[C@]4(C)[C@H]3CC[C@]12C. The fraction of sp³-hybridized carbons (Fsp3) is 0.815. The van der Waals surface area contributed by atoms with Crippen LogP contribution in [-0.4, -0.2) is 17.0 Å². The number of fused-ring (bicyclic) bond motifs is 5. The Morgan fingerprint density at radius 3 is 2.66 bits per heavy atom. The quantitative estimate of drug-likeness (QED) is 0.434. The van der Waals surface area contributed by atoms with E-state index < -0.39 is 0 Å². The number of hydrogen-bond donors (Lipinski definition) is 1. The van der Waals surface area contributed by atoms with Gasteiger partial charge in [0.2, 0.25) is 0 Å². The van der Waals surface area contributed by atoms with E-state index in [4.69, 9.17) is 0 Å². The van der Waals surface area contributed by atoms with Crippen LogP contribution in [-0.2, 0) is 4.79 Å². The first-order chi connectivity index (χ1) is 13.6. The molecule has 3 saturated carbocycles. The minimum atomic E-state index is -0.116. The summed E-state index contributed by atoms with van der Waals surface area (Å²) in [5.74, 6) is 3.91. The first kappa shape index (κ1) is 21.3. The maximum absolute atomic E-state index is 12.4. The van der Waals surface area contributed by atoms with Crippen LogP contribution in [0.1, 0.15) is 92.4 Å². The van der Waals surface area contributed by atoms with Gasteiger partial charge in [-0.05, 0) is 112 Å². The topological polar surface area (TPSA) is 37.3 Å². The number of aliphatic hydroxyl groups is 1. The summed E-state index contributed by atoms with van der Waals surface area (Å²) in [6.07, 6.45) is 14.6. The largest absolute Gasteiger partial charge is 0.393 e. The number of ketones is 1. The summed E-state index contributed by atoms with van der Waals surface area (Å²) >= 11 is 0. The van der Waals surface area contributed by atoms with Crippen molar-refractivity contribution in [2.45, 2.75) is 98.5 Å². The average Bonchev–Trinajstić information content (AvgIpc) is 2.99. The third kappa shape index (κ3) is 3.58. The zero-order chi connectivity index (χ0) is 21.0. The van der Waals surface area contributed by atoms with Crippen LogP contribution in [0.4, 0.5) is 0 Å². The van der Waals surface area contributed by atoms with Gasteiger partial charge in [-0.1, -0.05) is 38.0 Å². The van der Waals surface area contributed by atoms with Crippen LogP contribution in [0.25, 0.3) is 0 Å². The Labute approximate surface area is 178 Å². The van der Waals surface area contributed by atoms with Gasteiger partial charge in [0.1, 0.15) is 0 Å². The summed E-state index contributed by atoms with van der Waals surface area (Å²) in [5, 5.41) is 10.2. The molecule has 162 valence electrons. The second kappa shape index (κ2) is 7.66. The van der Waals surface area contributed by atoms with Gasteiger partial charge in [0, 0.05) is 6.42 Å². The molecule has 29 heavy (non-hydrogen) atoms. The lowest BCUT2D eigenvalue weighted by Crippen LogP contribution is -2.50. The number of rotatable bonds is 4. The summed E-state index contributed by atoms with van der Waals surface area (Å²) in [7, 11) is 0. The van der Waals surface area contributed by atoms with Crippen LogP contribution in [0.15, 0.2) is 23.3 Å². The lowest BCUT2D eigenvalue weighted by atomic mass is 9.47. The van der Waals surface area contributed by atoms with Crippen molar-refractivity contribution >= 4 is 5.78 Å². The molecule has 0 aromatic carbocycles. The van der Waals surface area contributed by atoms with Crippen molar-refractivity contribution < 1.29 is 9.90 Å². The molecule has 2 heteroatoms. The molecule has 0 saturated heterocycles. The van der Waals surface area contributed by atoms with E-state index in [0.717, 1.165) is 36.2 Å². The Hall–Kier alpha value is -0.890. The van der Waals surface area contributed by atoms with Gasteiger partial charge in [0.25, 0.3) is 0 Å². The van der Waals surface area contributed by atoms with Crippen LogP contribution in [0.3, 0.4) is 0 Å². The first-order valence-corrected chi connectivity index (χ1v) is 12.2. The fourth-order valence-corrected chi connectivity index (χ4v) is 8.46. The molecule has 0 aromatic rings. The molecule has 0 amide bonds. The molecular weight excluding hydrogens is 356 g/mol. The molecule has 4 aliphatic carbocycles. The van der Waals surface area contributed by atoms with Crippen LogP contribution in [0.5, 0.6) is 0 Å². The molecule has 4 rings (SSSR count). The standard InChI is InChI=1S/C27H42O2/c1-17(2)14-21(29)15-18(3)23-8-9-24-22-7-6-19-16-20(28)10-12-26(19,4)25(22)11-13-27(23,24)5/h6,14,18,20,22-25,28H,7-13,15-16H2,1-5H3/t18-,20+,22+,23-,24+,25+,26+,27-/m1/s1. The minimum absolute atomic E-state index is 0.116. The Morgan fingerprint density at radius 1 is 1.17 bits per heavy atom. The maximum Gasteiger partial charge on any atom is 0.155 e. The van der Waals surface area contributed by atoms with Crippen molar-refractivity contribution in [2.75, 3.05) is 0 Å². The average molecular weight is 399 g/mol. The number of hydrogen-bond acceptors (Lipinski definition) is 2. The molecule has 0 bridgehead atoms. The molecule has 0 aliphatic heterocycles. The normalized spacial score (nSPS) is 44.8. The van der Waals surface area contributed by atoms with Crippen molar-refractivity contribution in [3.8, 4) is 0 Å². The van der Waals surface area contributed by atoms with Crippen molar-refractivity contribution in [1.29, 1.82) is 0 Å². The van der Waals surface area contributed by atoms with Crippen LogP contribution < -0.4 is 0 Å². The summed E-state index contributed by atoms with van der Waals surface area (Å²) < 4.78 is 0. The Bertz CT molecular complexity index is 714.